The molecule has 0 saturated heterocycles. The first-order valence-corrected chi connectivity index (χ1v) is 6.95. The second-order valence-electron chi connectivity index (χ2n) is 4.95. The lowest BCUT2D eigenvalue weighted by Gasteiger charge is -2.35. The molecule has 0 radical (unpaired) electrons. The summed E-state index contributed by atoms with van der Waals surface area (Å²) >= 11 is 0. The SMILES string of the molecule is CC(C)[C@H]1CC[C@H](C)C[C@H]1S(N)(=O)=O. The Bertz CT molecular complexity index is 284. The monoisotopic (exact) mass is 219 g/mol. The molecule has 0 heterocycles. The smallest absolute Gasteiger partial charge is 0.212 e. The predicted molar refractivity (Wildman–Crippen MR) is 58.2 cm³/mol. The van der Waals surface area contributed by atoms with E-state index in [9.17, 15) is 8.42 Å². The van der Waals surface area contributed by atoms with Gasteiger partial charge in [-0.15, -0.1) is 0 Å². The van der Waals surface area contributed by atoms with Crippen molar-refractivity contribution in [1.29, 1.82) is 0 Å². The Morgan fingerprint density at radius 3 is 2.29 bits per heavy atom. The van der Waals surface area contributed by atoms with Crippen molar-refractivity contribution < 1.29 is 8.42 Å². The Morgan fingerprint density at radius 1 is 1.29 bits per heavy atom. The van der Waals surface area contributed by atoms with E-state index >= 15 is 0 Å². The van der Waals surface area contributed by atoms with Crippen LogP contribution in [-0.2, 0) is 10.0 Å². The molecule has 1 rings (SSSR count). The summed E-state index contributed by atoms with van der Waals surface area (Å²) in [4.78, 5) is 0. The first kappa shape index (κ1) is 12.0. The molecule has 0 aromatic carbocycles. The molecule has 1 saturated carbocycles. The maximum atomic E-state index is 11.4. The van der Waals surface area contributed by atoms with Crippen LogP contribution in [0.1, 0.15) is 40.0 Å². The van der Waals surface area contributed by atoms with Gasteiger partial charge in [0.05, 0.1) is 5.25 Å². The van der Waals surface area contributed by atoms with Gasteiger partial charge in [0.15, 0.2) is 0 Å². The Balaban J connectivity index is 2.85. The molecular formula is C10H21NO2S. The second kappa shape index (κ2) is 4.19. The third-order valence-electron chi connectivity index (χ3n) is 3.38. The molecule has 14 heavy (non-hydrogen) atoms. The van der Waals surface area contributed by atoms with Crippen molar-refractivity contribution in [3.63, 3.8) is 0 Å². The van der Waals surface area contributed by atoms with Crippen molar-refractivity contribution >= 4 is 10.0 Å². The van der Waals surface area contributed by atoms with Crippen LogP contribution in [0.25, 0.3) is 0 Å². The molecule has 1 fully saturated rings. The molecule has 0 amide bonds. The van der Waals surface area contributed by atoms with Gasteiger partial charge in [0.1, 0.15) is 0 Å². The van der Waals surface area contributed by atoms with E-state index in [0.29, 0.717) is 11.8 Å². The summed E-state index contributed by atoms with van der Waals surface area (Å²) in [7, 11) is -3.35. The highest BCUT2D eigenvalue weighted by Gasteiger charge is 2.37. The average molecular weight is 219 g/mol. The van der Waals surface area contributed by atoms with Crippen molar-refractivity contribution in [2.75, 3.05) is 0 Å². The van der Waals surface area contributed by atoms with Crippen LogP contribution in [0.3, 0.4) is 0 Å². The fraction of sp³-hybridized carbons (Fsp3) is 1.00. The van der Waals surface area contributed by atoms with Crippen molar-refractivity contribution in [2.24, 2.45) is 22.9 Å². The molecule has 0 aromatic rings. The normalized spacial score (nSPS) is 34.8. The average Bonchev–Trinajstić information content (AvgIpc) is 2.01. The van der Waals surface area contributed by atoms with E-state index in [2.05, 4.69) is 20.8 Å². The third-order valence-corrected chi connectivity index (χ3v) is 4.77. The Labute approximate surface area is 87.1 Å². The predicted octanol–water partition coefficient (Wildman–Crippen LogP) is 1.74. The highest BCUT2D eigenvalue weighted by atomic mass is 32.2. The zero-order chi connectivity index (χ0) is 10.9. The Hall–Kier alpha value is -0.0900. The lowest BCUT2D eigenvalue weighted by Crippen LogP contribution is -2.41. The van der Waals surface area contributed by atoms with E-state index < -0.39 is 10.0 Å². The molecule has 0 aliphatic heterocycles. The number of nitrogens with two attached hydrogens (primary N) is 1. The highest BCUT2D eigenvalue weighted by molar-refractivity contribution is 7.89. The quantitative estimate of drug-likeness (QED) is 0.769. The molecule has 0 spiro atoms. The first-order chi connectivity index (χ1) is 6.32. The lowest BCUT2D eigenvalue weighted by molar-refractivity contribution is 0.237. The highest BCUT2D eigenvalue weighted by Crippen LogP contribution is 2.36. The van der Waals surface area contributed by atoms with Gasteiger partial charge in [-0.1, -0.05) is 27.2 Å². The molecule has 0 unspecified atom stereocenters. The van der Waals surface area contributed by atoms with Gasteiger partial charge in [-0.25, -0.2) is 13.6 Å². The standard InChI is InChI=1S/C10H21NO2S/c1-7(2)9-5-4-8(3)6-10(9)14(11,12)13/h7-10H,4-6H2,1-3H3,(H2,11,12,13)/t8-,9+,10+/m0/s1. The summed E-state index contributed by atoms with van der Waals surface area (Å²) in [6.45, 7) is 6.27. The maximum Gasteiger partial charge on any atom is 0.212 e. The minimum absolute atomic E-state index is 0.251. The zero-order valence-electron chi connectivity index (χ0n) is 9.23. The van der Waals surface area contributed by atoms with Gasteiger partial charge in [0.2, 0.25) is 10.0 Å². The molecule has 0 aromatic heterocycles. The van der Waals surface area contributed by atoms with Crippen molar-refractivity contribution in [2.45, 2.75) is 45.3 Å². The summed E-state index contributed by atoms with van der Waals surface area (Å²) in [5.41, 5.74) is 0. The summed E-state index contributed by atoms with van der Waals surface area (Å²) in [6.07, 6.45) is 2.87. The van der Waals surface area contributed by atoms with E-state index in [1.165, 1.54) is 0 Å². The van der Waals surface area contributed by atoms with Crippen LogP contribution in [-0.4, -0.2) is 13.7 Å². The largest absolute Gasteiger partial charge is 0.228 e. The van der Waals surface area contributed by atoms with Crippen molar-refractivity contribution in [1.82, 2.24) is 0 Å². The molecule has 3 atom stereocenters. The maximum absolute atomic E-state index is 11.4. The number of primary sulfonamides is 1. The molecular weight excluding hydrogens is 198 g/mol. The first-order valence-electron chi connectivity index (χ1n) is 5.34. The van der Waals surface area contributed by atoms with Crippen LogP contribution in [0.5, 0.6) is 0 Å². The minimum Gasteiger partial charge on any atom is -0.228 e. The second-order valence-corrected chi connectivity index (χ2v) is 6.74. The van der Waals surface area contributed by atoms with Crippen molar-refractivity contribution in [3.8, 4) is 0 Å². The van der Waals surface area contributed by atoms with E-state index in [1.54, 1.807) is 0 Å². The van der Waals surface area contributed by atoms with Gasteiger partial charge in [0.25, 0.3) is 0 Å². The topological polar surface area (TPSA) is 60.2 Å². The van der Waals surface area contributed by atoms with E-state index in [-0.39, 0.29) is 11.2 Å². The van der Waals surface area contributed by atoms with E-state index in [1.807, 2.05) is 0 Å². The number of sulfonamides is 1. The van der Waals surface area contributed by atoms with Crippen LogP contribution in [0.15, 0.2) is 0 Å². The number of rotatable bonds is 2. The van der Waals surface area contributed by atoms with E-state index in [4.69, 9.17) is 5.14 Å². The number of hydrogen-bond acceptors (Lipinski definition) is 2. The number of hydrogen-bond donors (Lipinski definition) is 1. The minimum atomic E-state index is -3.35. The van der Waals surface area contributed by atoms with Gasteiger partial charge >= 0.3 is 0 Å². The molecule has 2 N–H and O–H groups in total. The molecule has 3 nitrogen and oxygen atoms in total. The van der Waals surface area contributed by atoms with Crippen LogP contribution >= 0.6 is 0 Å². The summed E-state index contributed by atoms with van der Waals surface area (Å²) in [5.74, 6) is 1.15. The van der Waals surface area contributed by atoms with Crippen LogP contribution in [0, 0.1) is 17.8 Å². The van der Waals surface area contributed by atoms with Gasteiger partial charge in [-0.05, 0) is 30.6 Å². The Kier molecular flexibility index (Phi) is 3.58. The molecule has 1 aliphatic carbocycles. The van der Waals surface area contributed by atoms with Crippen LogP contribution in [0.4, 0.5) is 0 Å². The van der Waals surface area contributed by atoms with Crippen molar-refractivity contribution in [3.05, 3.63) is 0 Å². The summed E-state index contributed by atoms with van der Waals surface area (Å²) in [6, 6.07) is 0. The molecule has 0 bridgehead atoms. The molecule has 84 valence electrons. The molecule has 4 heteroatoms. The van der Waals surface area contributed by atoms with Gasteiger partial charge in [-0.3, -0.25) is 0 Å². The Morgan fingerprint density at radius 2 is 1.86 bits per heavy atom. The lowest BCUT2D eigenvalue weighted by atomic mass is 9.77. The third kappa shape index (κ3) is 2.70. The van der Waals surface area contributed by atoms with Crippen LogP contribution < -0.4 is 5.14 Å². The van der Waals surface area contributed by atoms with Gasteiger partial charge in [0, 0.05) is 0 Å². The zero-order valence-corrected chi connectivity index (χ0v) is 10.0. The summed E-state index contributed by atoms with van der Waals surface area (Å²) < 4.78 is 22.8. The molecule has 1 aliphatic rings. The fourth-order valence-corrected chi connectivity index (χ4v) is 4.03. The summed E-state index contributed by atoms with van der Waals surface area (Å²) in [5, 5.41) is 4.96. The van der Waals surface area contributed by atoms with E-state index in [0.717, 1.165) is 19.3 Å². The fourth-order valence-electron chi connectivity index (χ4n) is 2.49. The van der Waals surface area contributed by atoms with Gasteiger partial charge in [-0.2, -0.15) is 0 Å². The van der Waals surface area contributed by atoms with Gasteiger partial charge < -0.3 is 0 Å². The van der Waals surface area contributed by atoms with Crippen LogP contribution in [0.2, 0.25) is 0 Å².